The topological polar surface area (TPSA) is 41.5 Å². The van der Waals surface area contributed by atoms with E-state index in [0.29, 0.717) is 6.54 Å². The van der Waals surface area contributed by atoms with Crippen molar-refractivity contribution in [1.29, 1.82) is 0 Å². The quantitative estimate of drug-likeness (QED) is 0.851. The van der Waals surface area contributed by atoms with Gasteiger partial charge in [0.1, 0.15) is 5.75 Å². The Hall–Kier alpha value is -1.36. The van der Waals surface area contributed by atoms with Gasteiger partial charge in [-0.2, -0.15) is 0 Å². The van der Waals surface area contributed by atoms with E-state index in [1.807, 2.05) is 48.5 Å². The summed E-state index contributed by atoms with van der Waals surface area (Å²) in [5, 5.41) is 12.9. The Balaban J connectivity index is 2.07. The maximum Gasteiger partial charge on any atom is 0.119 e. The molecule has 4 heteroatoms. The molecule has 0 saturated heterocycles. The lowest BCUT2D eigenvalue weighted by Crippen LogP contribution is -2.24. The van der Waals surface area contributed by atoms with E-state index >= 15 is 0 Å². The molecule has 3 nitrogen and oxygen atoms in total. The van der Waals surface area contributed by atoms with Crippen molar-refractivity contribution in [3.8, 4) is 5.75 Å². The van der Waals surface area contributed by atoms with Crippen LogP contribution in [0.5, 0.6) is 5.75 Å². The number of rotatable bonds is 6. The van der Waals surface area contributed by atoms with Gasteiger partial charge in [0, 0.05) is 11.0 Å². The van der Waals surface area contributed by atoms with Gasteiger partial charge in [0.15, 0.2) is 0 Å². The molecule has 20 heavy (non-hydrogen) atoms. The molecule has 0 aliphatic heterocycles. The minimum Gasteiger partial charge on any atom is -0.497 e. The summed E-state index contributed by atoms with van der Waals surface area (Å²) >= 11 is 3.53. The fourth-order valence-corrected chi connectivity index (χ4v) is 2.41. The summed E-state index contributed by atoms with van der Waals surface area (Å²) < 4.78 is 6.25. The molecule has 0 spiro atoms. The summed E-state index contributed by atoms with van der Waals surface area (Å²) in [5.41, 5.74) is 2.17. The molecule has 2 N–H and O–H groups in total. The van der Waals surface area contributed by atoms with E-state index in [1.54, 1.807) is 7.11 Å². The lowest BCUT2D eigenvalue weighted by molar-refractivity contribution is 0.243. The largest absolute Gasteiger partial charge is 0.497 e. The first-order chi connectivity index (χ1) is 9.74. The van der Waals surface area contributed by atoms with Crippen LogP contribution in [0.25, 0.3) is 0 Å². The van der Waals surface area contributed by atoms with E-state index < -0.39 is 0 Å². The third kappa shape index (κ3) is 3.82. The predicted octanol–water partition coefficient (Wildman–Crippen LogP) is 3.28. The summed E-state index contributed by atoms with van der Waals surface area (Å²) in [6.45, 7) is 0.712. The molecular weight excluding hydrogens is 318 g/mol. The van der Waals surface area contributed by atoms with Crippen LogP contribution in [0.3, 0.4) is 0 Å². The van der Waals surface area contributed by atoms with Crippen molar-refractivity contribution in [2.24, 2.45) is 0 Å². The van der Waals surface area contributed by atoms with Crippen LogP contribution >= 0.6 is 15.9 Å². The van der Waals surface area contributed by atoms with Crippen LogP contribution in [0.2, 0.25) is 0 Å². The zero-order valence-corrected chi connectivity index (χ0v) is 12.9. The van der Waals surface area contributed by atoms with Gasteiger partial charge in [-0.25, -0.2) is 0 Å². The molecule has 0 fully saturated rings. The van der Waals surface area contributed by atoms with E-state index in [4.69, 9.17) is 4.74 Å². The molecule has 0 bridgehead atoms. The molecule has 2 rings (SSSR count). The monoisotopic (exact) mass is 335 g/mol. The van der Waals surface area contributed by atoms with Gasteiger partial charge in [-0.3, -0.25) is 0 Å². The molecule has 1 atom stereocenters. The SMILES string of the molecule is COc1ccc(Br)c(CN[C@@H](CO)c2ccccc2)c1. The van der Waals surface area contributed by atoms with Gasteiger partial charge >= 0.3 is 0 Å². The maximum absolute atomic E-state index is 9.53. The van der Waals surface area contributed by atoms with Gasteiger partial charge in [-0.15, -0.1) is 0 Å². The second kappa shape index (κ2) is 7.43. The van der Waals surface area contributed by atoms with E-state index in [9.17, 15) is 5.11 Å². The van der Waals surface area contributed by atoms with Crippen molar-refractivity contribution in [1.82, 2.24) is 5.32 Å². The molecular formula is C16H18BrNO2. The van der Waals surface area contributed by atoms with Crippen LogP contribution in [0.15, 0.2) is 53.0 Å². The predicted molar refractivity (Wildman–Crippen MR) is 83.8 cm³/mol. The molecule has 2 aromatic rings. The third-order valence-corrected chi connectivity index (χ3v) is 3.95. The van der Waals surface area contributed by atoms with Gasteiger partial charge in [0.25, 0.3) is 0 Å². The Morgan fingerprint density at radius 2 is 1.95 bits per heavy atom. The van der Waals surface area contributed by atoms with E-state index in [2.05, 4.69) is 21.2 Å². The highest BCUT2D eigenvalue weighted by atomic mass is 79.9. The fourth-order valence-electron chi connectivity index (χ4n) is 2.02. The average Bonchev–Trinajstić information content (AvgIpc) is 2.50. The number of ether oxygens (including phenoxy) is 1. The molecule has 0 amide bonds. The summed E-state index contributed by atoms with van der Waals surface area (Å²) in [7, 11) is 1.65. The number of benzene rings is 2. The maximum atomic E-state index is 9.53. The summed E-state index contributed by atoms with van der Waals surface area (Å²) in [6, 6.07) is 15.7. The molecule has 0 saturated carbocycles. The van der Waals surface area contributed by atoms with Crippen LogP contribution in [0.4, 0.5) is 0 Å². The molecule has 0 aliphatic carbocycles. The number of hydrogen-bond acceptors (Lipinski definition) is 3. The Bertz CT molecular complexity index is 545. The van der Waals surface area contributed by atoms with E-state index in [1.165, 1.54) is 0 Å². The second-order valence-electron chi connectivity index (χ2n) is 4.48. The smallest absolute Gasteiger partial charge is 0.119 e. The zero-order valence-electron chi connectivity index (χ0n) is 11.3. The number of halogens is 1. The van der Waals surface area contributed by atoms with Gasteiger partial charge < -0.3 is 15.2 Å². The Morgan fingerprint density at radius 1 is 1.20 bits per heavy atom. The van der Waals surface area contributed by atoms with Gasteiger partial charge in [-0.05, 0) is 29.3 Å². The Morgan fingerprint density at radius 3 is 2.60 bits per heavy atom. The lowest BCUT2D eigenvalue weighted by Gasteiger charge is -2.17. The van der Waals surface area contributed by atoms with Crippen molar-refractivity contribution in [3.63, 3.8) is 0 Å². The first-order valence-corrected chi connectivity index (χ1v) is 7.25. The summed E-state index contributed by atoms with van der Waals surface area (Å²) in [4.78, 5) is 0. The van der Waals surface area contributed by atoms with Crippen molar-refractivity contribution in [2.75, 3.05) is 13.7 Å². The molecule has 0 aliphatic rings. The highest BCUT2D eigenvalue weighted by Gasteiger charge is 2.10. The van der Waals surface area contributed by atoms with Gasteiger partial charge in [-0.1, -0.05) is 46.3 Å². The van der Waals surface area contributed by atoms with Crippen LogP contribution < -0.4 is 10.1 Å². The molecule has 0 unspecified atom stereocenters. The number of nitrogens with one attached hydrogen (secondary N) is 1. The Kier molecular flexibility index (Phi) is 5.59. The zero-order chi connectivity index (χ0) is 14.4. The summed E-state index contributed by atoms with van der Waals surface area (Å²) in [6.07, 6.45) is 0. The van der Waals surface area contributed by atoms with Crippen LogP contribution in [0.1, 0.15) is 17.2 Å². The highest BCUT2D eigenvalue weighted by molar-refractivity contribution is 9.10. The lowest BCUT2D eigenvalue weighted by atomic mass is 10.1. The number of aliphatic hydroxyl groups excluding tert-OH is 1. The number of methoxy groups -OCH3 is 1. The second-order valence-corrected chi connectivity index (χ2v) is 5.34. The van der Waals surface area contributed by atoms with Crippen molar-refractivity contribution < 1.29 is 9.84 Å². The van der Waals surface area contributed by atoms with E-state index in [-0.39, 0.29) is 12.6 Å². The molecule has 106 valence electrons. The minimum absolute atomic E-state index is 0.0611. The first-order valence-electron chi connectivity index (χ1n) is 6.46. The molecule has 0 radical (unpaired) electrons. The van der Waals surface area contributed by atoms with Crippen molar-refractivity contribution in [2.45, 2.75) is 12.6 Å². The van der Waals surface area contributed by atoms with E-state index in [0.717, 1.165) is 21.3 Å². The number of hydrogen-bond donors (Lipinski definition) is 2. The van der Waals surface area contributed by atoms with Crippen molar-refractivity contribution >= 4 is 15.9 Å². The fraction of sp³-hybridized carbons (Fsp3) is 0.250. The molecule has 0 aromatic heterocycles. The molecule has 0 heterocycles. The Labute approximate surface area is 127 Å². The number of aliphatic hydroxyl groups is 1. The average molecular weight is 336 g/mol. The highest BCUT2D eigenvalue weighted by Crippen LogP contribution is 2.23. The molecule has 2 aromatic carbocycles. The standard InChI is InChI=1S/C16H18BrNO2/c1-20-14-7-8-15(17)13(9-14)10-18-16(11-19)12-5-3-2-4-6-12/h2-9,16,18-19H,10-11H2,1H3/t16-/m0/s1. The third-order valence-electron chi connectivity index (χ3n) is 3.18. The first kappa shape index (κ1) is 15.0. The van der Waals surface area contributed by atoms with Gasteiger partial charge in [0.2, 0.25) is 0 Å². The van der Waals surface area contributed by atoms with Crippen molar-refractivity contribution in [3.05, 3.63) is 64.1 Å². The minimum atomic E-state index is -0.0747. The summed E-state index contributed by atoms with van der Waals surface area (Å²) in [5.74, 6) is 0.824. The van der Waals surface area contributed by atoms with Crippen LogP contribution in [0, 0.1) is 0 Å². The van der Waals surface area contributed by atoms with Crippen LogP contribution in [-0.4, -0.2) is 18.8 Å². The van der Waals surface area contributed by atoms with Gasteiger partial charge in [0.05, 0.1) is 19.8 Å². The normalized spacial score (nSPS) is 12.2. The van der Waals surface area contributed by atoms with Crippen LogP contribution in [-0.2, 0) is 6.54 Å².